The number of nitrogens with one attached hydrogen (secondary N) is 1. The molecule has 0 aliphatic heterocycles. The van der Waals surface area contributed by atoms with Gasteiger partial charge in [-0.05, 0) is 31.6 Å². The highest BCUT2D eigenvalue weighted by Crippen LogP contribution is 2.23. The zero-order valence-corrected chi connectivity index (χ0v) is 9.74. The Kier molecular flexibility index (Phi) is 4.88. The van der Waals surface area contributed by atoms with Crippen molar-refractivity contribution in [3.05, 3.63) is 0 Å². The van der Waals surface area contributed by atoms with Gasteiger partial charge in [0, 0.05) is 18.5 Å². The highest BCUT2D eigenvalue weighted by atomic mass is 16.4. The molecule has 0 saturated heterocycles. The van der Waals surface area contributed by atoms with Gasteiger partial charge in [0.25, 0.3) is 0 Å². The van der Waals surface area contributed by atoms with Gasteiger partial charge in [-0.2, -0.15) is 0 Å². The number of oxime groups is 1. The van der Waals surface area contributed by atoms with Crippen LogP contribution in [0.15, 0.2) is 5.16 Å². The van der Waals surface area contributed by atoms with E-state index in [1.165, 1.54) is 25.7 Å². The van der Waals surface area contributed by atoms with Gasteiger partial charge in [-0.3, -0.25) is 0 Å². The number of amidine groups is 1. The van der Waals surface area contributed by atoms with Crippen molar-refractivity contribution >= 4 is 5.84 Å². The molecule has 0 amide bonds. The quantitative estimate of drug-likeness (QED) is 0.287. The van der Waals surface area contributed by atoms with Gasteiger partial charge in [-0.25, -0.2) is 0 Å². The third-order valence-electron chi connectivity index (χ3n) is 3.35. The van der Waals surface area contributed by atoms with Crippen LogP contribution in [-0.4, -0.2) is 23.6 Å². The first-order chi connectivity index (χ1) is 7.13. The predicted octanol–water partition coefficient (Wildman–Crippen LogP) is 1.54. The summed E-state index contributed by atoms with van der Waals surface area (Å²) in [6.07, 6.45) is 5.14. The Balaban J connectivity index is 2.20. The molecule has 0 aromatic carbocycles. The second-order valence-corrected chi connectivity index (χ2v) is 4.79. The maximum absolute atomic E-state index is 8.51. The van der Waals surface area contributed by atoms with Gasteiger partial charge in [0.1, 0.15) is 5.84 Å². The SMILES string of the molecule is CC1CCC(NCC(C)C(N)=NO)CC1. The fourth-order valence-electron chi connectivity index (χ4n) is 2.01. The molecule has 4 heteroatoms. The molecule has 0 heterocycles. The lowest BCUT2D eigenvalue weighted by Gasteiger charge is -2.27. The molecule has 1 aliphatic carbocycles. The van der Waals surface area contributed by atoms with Crippen molar-refractivity contribution in [3.8, 4) is 0 Å². The maximum atomic E-state index is 8.51. The Hall–Kier alpha value is -0.770. The summed E-state index contributed by atoms with van der Waals surface area (Å²) in [5.74, 6) is 1.30. The molecule has 0 radical (unpaired) electrons. The second kappa shape index (κ2) is 5.95. The first kappa shape index (κ1) is 12.3. The largest absolute Gasteiger partial charge is 0.409 e. The van der Waals surface area contributed by atoms with Crippen molar-refractivity contribution in [1.29, 1.82) is 0 Å². The van der Waals surface area contributed by atoms with Gasteiger partial charge in [0.05, 0.1) is 0 Å². The lowest BCUT2D eigenvalue weighted by Crippen LogP contribution is -2.39. The van der Waals surface area contributed by atoms with E-state index in [0.717, 1.165) is 12.5 Å². The number of hydrogen-bond donors (Lipinski definition) is 3. The molecule has 0 spiro atoms. The molecule has 1 atom stereocenters. The van der Waals surface area contributed by atoms with Crippen molar-refractivity contribution in [2.45, 2.75) is 45.6 Å². The fourth-order valence-corrected chi connectivity index (χ4v) is 2.01. The van der Waals surface area contributed by atoms with Crippen LogP contribution in [0.25, 0.3) is 0 Å². The molecular weight excluding hydrogens is 190 g/mol. The normalized spacial score (nSPS) is 30.1. The van der Waals surface area contributed by atoms with E-state index in [-0.39, 0.29) is 5.92 Å². The number of hydrogen-bond acceptors (Lipinski definition) is 3. The molecule has 1 aliphatic rings. The van der Waals surface area contributed by atoms with Crippen LogP contribution in [0.2, 0.25) is 0 Å². The van der Waals surface area contributed by atoms with Crippen LogP contribution in [0.5, 0.6) is 0 Å². The minimum Gasteiger partial charge on any atom is -0.409 e. The van der Waals surface area contributed by atoms with Crippen molar-refractivity contribution in [2.75, 3.05) is 6.54 Å². The summed E-state index contributed by atoms with van der Waals surface area (Å²) in [7, 11) is 0. The summed E-state index contributed by atoms with van der Waals surface area (Å²) < 4.78 is 0. The fraction of sp³-hybridized carbons (Fsp3) is 0.909. The van der Waals surface area contributed by atoms with E-state index in [1.54, 1.807) is 0 Å². The van der Waals surface area contributed by atoms with Crippen LogP contribution in [-0.2, 0) is 0 Å². The number of nitrogens with two attached hydrogens (primary N) is 1. The summed E-state index contributed by atoms with van der Waals surface area (Å²) in [6.45, 7) is 5.08. The zero-order chi connectivity index (χ0) is 11.3. The average molecular weight is 213 g/mol. The van der Waals surface area contributed by atoms with Crippen molar-refractivity contribution in [2.24, 2.45) is 22.7 Å². The molecule has 0 bridgehead atoms. The van der Waals surface area contributed by atoms with E-state index in [9.17, 15) is 0 Å². The predicted molar refractivity (Wildman–Crippen MR) is 62.0 cm³/mol. The van der Waals surface area contributed by atoms with Crippen LogP contribution in [0.4, 0.5) is 0 Å². The Morgan fingerprint density at radius 1 is 1.47 bits per heavy atom. The maximum Gasteiger partial charge on any atom is 0.143 e. The number of nitrogens with zero attached hydrogens (tertiary/aromatic N) is 1. The molecule has 4 nitrogen and oxygen atoms in total. The first-order valence-electron chi connectivity index (χ1n) is 5.84. The van der Waals surface area contributed by atoms with Gasteiger partial charge in [-0.15, -0.1) is 0 Å². The van der Waals surface area contributed by atoms with E-state index in [2.05, 4.69) is 17.4 Å². The first-order valence-corrected chi connectivity index (χ1v) is 5.84. The van der Waals surface area contributed by atoms with E-state index < -0.39 is 0 Å². The van der Waals surface area contributed by atoms with Gasteiger partial charge >= 0.3 is 0 Å². The molecule has 1 rings (SSSR count). The third kappa shape index (κ3) is 4.08. The van der Waals surface area contributed by atoms with Crippen LogP contribution >= 0.6 is 0 Å². The van der Waals surface area contributed by atoms with Crippen molar-refractivity contribution in [3.63, 3.8) is 0 Å². The summed E-state index contributed by atoms with van der Waals surface area (Å²) in [6, 6.07) is 0.621. The monoisotopic (exact) mass is 213 g/mol. The lowest BCUT2D eigenvalue weighted by atomic mass is 9.87. The average Bonchev–Trinajstić information content (AvgIpc) is 2.26. The third-order valence-corrected chi connectivity index (χ3v) is 3.35. The molecule has 1 unspecified atom stereocenters. The molecular formula is C11H23N3O. The highest BCUT2D eigenvalue weighted by molar-refractivity contribution is 5.82. The minimum atomic E-state index is 0.106. The summed E-state index contributed by atoms with van der Waals surface area (Å²) in [5.41, 5.74) is 5.51. The molecule has 0 aromatic heterocycles. The Labute approximate surface area is 91.9 Å². The van der Waals surface area contributed by atoms with Crippen LogP contribution < -0.4 is 11.1 Å². The zero-order valence-electron chi connectivity index (χ0n) is 9.74. The lowest BCUT2D eigenvalue weighted by molar-refractivity contribution is 0.299. The van der Waals surface area contributed by atoms with Gasteiger partial charge in [0.15, 0.2) is 0 Å². The molecule has 1 saturated carbocycles. The van der Waals surface area contributed by atoms with Crippen molar-refractivity contribution < 1.29 is 5.21 Å². The Bertz CT molecular complexity index is 210. The molecule has 15 heavy (non-hydrogen) atoms. The standard InChI is InChI=1S/C11H23N3O/c1-8-3-5-10(6-4-8)13-7-9(2)11(12)14-15/h8-10,13,15H,3-7H2,1-2H3,(H2,12,14). The van der Waals surface area contributed by atoms with E-state index in [4.69, 9.17) is 10.9 Å². The molecule has 0 aromatic rings. The van der Waals surface area contributed by atoms with Crippen LogP contribution in [0.1, 0.15) is 39.5 Å². The van der Waals surface area contributed by atoms with Gasteiger partial charge in [-0.1, -0.05) is 19.0 Å². The number of rotatable bonds is 4. The Morgan fingerprint density at radius 2 is 2.07 bits per heavy atom. The van der Waals surface area contributed by atoms with Gasteiger partial charge in [0.2, 0.25) is 0 Å². The summed E-state index contributed by atoms with van der Waals surface area (Å²) >= 11 is 0. The van der Waals surface area contributed by atoms with E-state index in [0.29, 0.717) is 11.9 Å². The molecule has 4 N–H and O–H groups in total. The summed E-state index contributed by atoms with van der Waals surface area (Å²) in [5, 5.41) is 15.0. The van der Waals surface area contributed by atoms with Crippen LogP contribution in [0.3, 0.4) is 0 Å². The second-order valence-electron chi connectivity index (χ2n) is 4.79. The summed E-state index contributed by atoms with van der Waals surface area (Å²) in [4.78, 5) is 0. The highest BCUT2D eigenvalue weighted by Gasteiger charge is 2.18. The van der Waals surface area contributed by atoms with E-state index in [1.807, 2.05) is 6.92 Å². The van der Waals surface area contributed by atoms with E-state index >= 15 is 0 Å². The van der Waals surface area contributed by atoms with Crippen molar-refractivity contribution in [1.82, 2.24) is 5.32 Å². The molecule has 1 fully saturated rings. The Morgan fingerprint density at radius 3 is 2.60 bits per heavy atom. The van der Waals surface area contributed by atoms with Gasteiger partial charge < -0.3 is 16.3 Å². The minimum absolute atomic E-state index is 0.106. The smallest absolute Gasteiger partial charge is 0.143 e. The molecule has 88 valence electrons. The van der Waals surface area contributed by atoms with Crippen LogP contribution in [0, 0.1) is 11.8 Å². The topological polar surface area (TPSA) is 70.6 Å².